The number of hydrogen-bond donors (Lipinski definition) is 3. The number of rotatable bonds is 4. The molecule has 0 aliphatic rings. The number of nitrogens with one attached hydrogen (secondary N) is 3. The van der Waals surface area contributed by atoms with E-state index in [1.54, 1.807) is 6.20 Å². The Balaban J connectivity index is 1.99. The summed E-state index contributed by atoms with van der Waals surface area (Å²) < 4.78 is 0. The Bertz CT molecular complexity index is 789. The number of H-pyrrole nitrogens is 2. The summed E-state index contributed by atoms with van der Waals surface area (Å²) in [6.45, 7) is 3.57. The maximum Gasteiger partial charge on any atom is 0.323 e. The van der Waals surface area contributed by atoms with Crippen LogP contribution in [0.25, 0.3) is 22.3 Å². The van der Waals surface area contributed by atoms with Crippen molar-refractivity contribution < 1.29 is 0 Å². The van der Waals surface area contributed by atoms with E-state index in [0.29, 0.717) is 6.54 Å². The van der Waals surface area contributed by atoms with E-state index >= 15 is 0 Å². The smallest absolute Gasteiger partial charge is 0.310 e. The van der Waals surface area contributed by atoms with E-state index < -0.39 is 0 Å². The van der Waals surface area contributed by atoms with Crippen LogP contribution in [0.3, 0.4) is 0 Å². The first-order valence-electron chi connectivity index (χ1n) is 6.51. The lowest BCUT2D eigenvalue weighted by atomic mass is 10.1. The highest BCUT2D eigenvalue weighted by atomic mass is 16.1. The van der Waals surface area contributed by atoms with Crippen molar-refractivity contribution in [2.24, 2.45) is 0 Å². The molecule has 0 amide bonds. The van der Waals surface area contributed by atoms with Gasteiger partial charge in [0.2, 0.25) is 0 Å². The van der Waals surface area contributed by atoms with Gasteiger partial charge in [-0.3, -0.25) is 0 Å². The topological polar surface area (TPSA) is 86.5 Å². The minimum absolute atomic E-state index is 0.201. The molecule has 20 heavy (non-hydrogen) atoms. The van der Waals surface area contributed by atoms with E-state index in [1.807, 2.05) is 31.2 Å². The number of imidazole rings is 1. The Morgan fingerprint density at radius 1 is 1.20 bits per heavy atom. The third kappa shape index (κ3) is 2.46. The molecule has 2 heterocycles. The molecule has 3 N–H and O–H groups in total. The van der Waals surface area contributed by atoms with E-state index in [1.165, 1.54) is 0 Å². The van der Waals surface area contributed by atoms with Gasteiger partial charge in [0.15, 0.2) is 0 Å². The SMILES string of the molecule is CCNCc1nccc(-c2ccc3[nH]c(=O)[nH]c3c2)n1. The lowest BCUT2D eigenvalue weighted by molar-refractivity contribution is 0.691. The van der Waals surface area contributed by atoms with Gasteiger partial charge in [0.1, 0.15) is 5.82 Å². The molecule has 0 radical (unpaired) electrons. The van der Waals surface area contributed by atoms with Crippen molar-refractivity contribution in [2.45, 2.75) is 13.5 Å². The average molecular weight is 269 g/mol. The van der Waals surface area contributed by atoms with Crippen molar-refractivity contribution in [3.8, 4) is 11.3 Å². The van der Waals surface area contributed by atoms with Gasteiger partial charge >= 0.3 is 5.69 Å². The number of fused-ring (bicyclic) bond motifs is 1. The molecule has 0 fully saturated rings. The van der Waals surface area contributed by atoms with Crippen LogP contribution >= 0.6 is 0 Å². The summed E-state index contributed by atoms with van der Waals surface area (Å²) in [6, 6.07) is 7.58. The first-order valence-corrected chi connectivity index (χ1v) is 6.51. The maximum atomic E-state index is 11.3. The van der Waals surface area contributed by atoms with E-state index in [0.717, 1.165) is 34.7 Å². The molecule has 0 aliphatic carbocycles. The zero-order valence-corrected chi connectivity index (χ0v) is 11.1. The summed E-state index contributed by atoms with van der Waals surface area (Å²) in [5.74, 6) is 0.756. The minimum atomic E-state index is -0.201. The second kappa shape index (κ2) is 5.26. The Kier molecular flexibility index (Phi) is 3.30. The van der Waals surface area contributed by atoms with Gasteiger partial charge in [-0.15, -0.1) is 0 Å². The highest BCUT2D eigenvalue weighted by Crippen LogP contribution is 2.20. The Morgan fingerprint density at radius 3 is 2.90 bits per heavy atom. The molecular formula is C14H15N5O. The molecule has 0 atom stereocenters. The molecule has 0 saturated heterocycles. The van der Waals surface area contributed by atoms with Crippen molar-refractivity contribution in [3.63, 3.8) is 0 Å². The summed E-state index contributed by atoms with van der Waals surface area (Å²) in [5.41, 5.74) is 3.16. The van der Waals surface area contributed by atoms with Crippen molar-refractivity contribution in [3.05, 3.63) is 46.8 Å². The molecule has 6 heteroatoms. The lowest BCUT2D eigenvalue weighted by Gasteiger charge is -2.04. The second-order valence-corrected chi connectivity index (χ2v) is 4.48. The largest absolute Gasteiger partial charge is 0.323 e. The standard InChI is InChI=1S/C14H15N5O/c1-2-15-8-13-16-6-5-10(17-13)9-3-4-11-12(7-9)19-14(20)18-11/h3-7,15H,2,8H2,1H3,(H2,18,19,20). The van der Waals surface area contributed by atoms with Gasteiger partial charge in [0.25, 0.3) is 0 Å². The normalized spacial score (nSPS) is 11.1. The Labute approximate surface area is 115 Å². The number of aromatic nitrogens is 4. The van der Waals surface area contributed by atoms with Gasteiger partial charge in [-0.05, 0) is 24.7 Å². The van der Waals surface area contributed by atoms with E-state index in [9.17, 15) is 4.79 Å². The molecular weight excluding hydrogens is 254 g/mol. The van der Waals surface area contributed by atoms with Crippen LogP contribution in [0.15, 0.2) is 35.3 Å². The molecule has 0 spiro atoms. The van der Waals surface area contributed by atoms with Gasteiger partial charge < -0.3 is 15.3 Å². The number of benzene rings is 1. The van der Waals surface area contributed by atoms with E-state index in [2.05, 4.69) is 25.3 Å². The molecule has 0 saturated carbocycles. The van der Waals surface area contributed by atoms with Gasteiger partial charge in [-0.1, -0.05) is 13.0 Å². The molecule has 3 rings (SSSR count). The Morgan fingerprint density at radius 2 is 2.05 bits per heavy atom. The predicted molar refractivity (Wildman–Crippen MR) is 77.3 cm³/mol. The van der Waals surface area contributed by atoms with Crippen molar-refractivity contribution >= 4 is 11.0 Å². The van der Waals surface area contributed by atoms with E-state index in [4.69, 9.17) is 0 Å². The number of hydrogen-bond acceptors (Lipinski definition) is 4. The first-order chi connectivity index (χ1) is 9.76. The molecule has 6 nitrogen and oxygen atoms in total. The Hall–Kier alpha value is -2.47. The lowest BCUT2D eigenvalue weighted by Crippen LogP contribution is -2.14. The maximum absolute atomic E-state index is 11.3. The third-order valence-electron chi connectivity index (χ3n) is 3.05. The van der Waals surface area contributed by atoms with Gasteiger partial charge in [0.05, 0.1) is 23.3 Å². The molecule has 0 bridgehead atoms. The van der Waals surface area contributed by atoms with Crippen LogP contribution in [-0.2, 0) is 6.54 Å². The molecule has 0 aliphatic heterocycles. The highest BCUT2D eigenvalue weighted by Gasteiger charge is 2.05. The molecule has 1 aromatic carbocycles. The molecule has 3 aromatic rings. The van der Waals surface area contributed by atoms with Crippen LogP contribution in [0.1, 0.15) is 12.7 Å². The summed E-state index contributed by atoms with van der Waals surface area (Å²) >= 11 is 0. The first kappa shape index (κ1) is 12.6. The predicted octanol–water partition coefficient (Wildman–Crippen LogP) is 1.42. The van der Waals surface area contributed by atoms with Gasteiger partial charge in [-0.2, -0.15) is 0 Å². The fourth-order valence-corrected chi connectivity index (χ4v) is 2.07. The highest BCUT2D eigenvalue weighted by molar-refractivity contribution is 5.80. The summed E-state index contributed by atoms with van der Waals surface area (Å²) in [4.78, 5) is 25.5. The second-order valence-electron chi connectivity index (χ2n) is 4.48. The zero-order chi connectivity index (χ0) is 13.9. The number of nitrogens with zero attached hydrogens (tertiary/aromatic N) is 2. The zero-order valence-electron chi connectivity index (χ0n) is 11.1. The van der Waals surface area contributed by atoms with Crippen LogP contribution in [0, 0.1) is 0 Å². The van der Waals surface area contributed by atoms with Crippen LogP contribution in [0.4, 0.5) is 0 Å². The molecule has 0 unspecified atom stereocenters. The van der Waals surface area contributed by atoms with Crippen LogP contribution in [0.5, 0.6) is 0 Å². The monoisotopic (exact) mass is 269 g/mol. The van der Waals surface area contributed by atoms with Gasteiger partial charge in [0, 0.05) is 11.8 Å². The van der Waals surface area contributed by atoms with Crippen molar-refractivity contribution in [1.29, 1.82) is 0 Å². The summed E-state index contributed by atoms with van der Waals surface area (Å²) in [6.07, 6.45) is 1.75. The minimum Gasteiger partial charge on any atom is -0.310 e. The fourth-order valence-electron chi connectivity index (χ4n) is 2.07. The van der Waals surface area contributed by atoms with E-state index in [-0.39, 0.29) is 5.69 Å². The summed E-state index contributed by atoms with van der Waals surface area (Å²) in [5, 5.41) is 3.20. The van der Waals surface area contributed by atoms with Crippen molar-refractivity contribution in [1.82, 2.24) is 25.3 Å². The van der Waals surface area contributed by atoms with Crippen LogP contribution < -0.4 is 11.0 Å². The van der Waals surface area contributed by atoms with Crippen molar-refractivity contribution in [2.75, 3.05) is 6.54 Å². The van der Waals surface area contributed by atoms with Crippen LogP contribution in [-0.4, -0.2) is 26.5 Å². The molecule has 102 valence electrons. The number of aromatic amines is 2. The van der Waals surface area contributed by atoms with Gasteiger partial charge in [-0.25, -0.2) is 14.8 Å². The fraction of sp³-hybridized carbons (Fsp3) is 0.214. The average Bonchev–Trinajstić information content (AvgIpc) is 2.84. The third-order valence-corrected chi connectivity index (χ3v) is 3.05. The summed E-state index contributed by atoms with van der Waals surface area (Å²) in [7, 11) is 0. The van der Waals surface area contributed by atoms with Crippen LogP contribution in [0.2, 0.25) is 0 Å². The quantitative estimate of drug-likeness (QED) is 0.668. The molecule has 2 aromatic heterocycles.